The highest BCUT2D eigenvalue weighted by molar-refractivity contribution is 5.96. The fraction of sp³-hybridized carbons (Fsp3) is 0.559. The Morgan fingerprint density at radius 3 is 2.57 bits per heavy atom. The molecule has 2 bridgehead atoms. The van der Waals surface area contributed by atoms with E-state index in [0.717, 1.165) is 48.6 Å². The fourth-order valence-electron chi connectivity index (χ4n) is 7.76. The molecule has 1 aromatic heterocycles. The number of nitrogens with one attached hydrogen (secondary N) is 2. The maximum absolute atomic E-state index is 14.3. The van der Waals surface area contributed by atoms with Gasteiger partial charge in [-0.3, -0.25) is 9.36 Å². The van der Waals surface area contributed by atoms with E-state index in [0.29, 0.717) is 58.9 Å². The van der Waals surface area contributed by atoms with Crippen LogP contribution in [-0.2, 0) is 13.0 Å². The van der Waals surface area contributed by atoms with Crippen LogP contribution in [0.4, 0.5) is 10.1 Å². The molecule has 0 unspecified atom stereocenters. The minimum atomic E-state index is -0.235. The average Bonchev–Trinajstić information content (AvgIpc) is 2.93. The molecule has 8 heteroatoms. The van der Waals surface area contributed by atoms with E-state index in [1.807, 2.05) is 31.2 Å². The van der Waals surface area contributed by atoms with Crippen LogP contribution in [0, 0.1) is 35.9 Å². The number of hydrogen-bond acceptors (Lipinski definition) is 4. The van der Waals surface area contributed by atoms with Crippen LogP contribution < -0.4 is 16.2 Å². The lowest BCUT2D eigenvalue weighted by Gasteiger charge is -2.61. The highest BCUT2D eigenvalue weighted by Crippen LogP contribution is 2.61. The van der Waals surface area contributed by atoms with Gasteiger partial charge in [0, 0.05) is 37.4 Å². The molecule has 7 nitrogen and oxygen atoms in total. The van der Waals surface area contributed by atoms with Crippen LogP contribution in [0.25, 0.3) is 10.9 Å². The Hall–Kier alpha value is -3.26. The van der Waals surface area contributed by atoms with Gasteiger partial charge in [-0.2, -0.15) is 0 Å². The van der Waals surface area contributed by atoms with Crippen molar-refractivity contribution in [3.63, 3.8) is 0 Å². The summed E-state index contributed by atoms with van der Waals surface area (Å²) < 4.78 is 15.9. The van der Waals surface area contributed by atoms with Crippen LogP contribution >= 0.6 is 0 Å². The summed E-state index contributed by atoms with van der Waals surface area (Å²) in [6.07, 6.45) is 4.47. The molecule has 1 aliphatic heterocycles. The molecule has 3 aliphatic carbocycles. The number of anilines is 1. The first-order valence-electron chi connectivity index (χ1n) is 15.6. The van der Waals surface area contributed by atoms with Crippen LogP contribution in [-0.4, -0.2) is 51.6 Å². The number of halogens is 1. The minimum Gasteiger partial charge on any atom is -0.340 e. The summed E-state index contributed by atoms with van der Waals surface area (Å²) in [5.74, 6) is 2.69. The summed E-state index contributed by atoms with van der Waals surface area (Å²) in [4.78, 5) is 25.7. The normalized spacial score (nSPS) is 28.9. The number of guanidine groups is 1. The molecular formula is C34H45FN6O. The first-order chi connectivity index (χ1) is 20.0. The van der Waals surface area contributed by atoms with E-state index in [1.165, 1.54) is 12.5 Å². The summed E-state index contributed by atoms with van der Waals surface area (Å²) >= 11 is 0. The fourth-order valence-corrected chi connectivity index (χ4v) is 7.76. The van der Waals surface area contributed by atoms with Crippen LogP contribution in [0.15, 0.2) is 52.5 Å². The number of aromatic nitrogens is 2. The van der Waals surface area contributed by atoms with Crippen molar-refractivity contribution in [2.24, 2.45) is 28.2 Å². The molecule has 2 aromatic carbocycles. The molecule has 0 radical (unpaired) electrons. The number of fused-ring (bicyclic) bond motifs is 3. The van der Waals surface area contributed by atoms with Gasteiger partial charge in [0.05, 0.1) is 23.3 Å². The Balaban J connectivity index is 1.24. The number of aryl methyl sites for hydroxylation is 3. The van der Waals surface area contributed by atoms with E-state index in [4.69, 9.17) is 4.99 Å². The molecule has 7 rings (SSSR count). The van der Waals surface area contributed by atoms with Crippen molar-refractivity contribution in [3.05, 3.63) is 70.0 Å². The van der Waals surface area contributed by atoms with Gasteiger partial charge in [-0.15, -0.1) is 0 Å². The van der Waals surface area contributed by atoms with E-state index >= 15 is 0 Å². The third kappa shape index (κ3) is 5.46. The standard InChI is InChI=1S/C34H45FN6O/c1-20-7-8-24(29(35)13-20)11-12-40-19-36-31-16-26(9-10-27(31)32(40)42)38-33(41-17-21(2)37-22(3)18-41)39-30-15-25-14-28(23(30)4)34(25,5)6/h7-10,13,16,19,21-23,25,28,30,37H,11-12,14-15,17-18H2,1-6H3,(H,38,39)/t21-,22-,23-,25+,28-,30-/m0/s1. The third-order valence-corrected chi connectivity index (χ3v) is 10.4. The number of piperazine rings is 1. The Morgan fingerprint density at radius 2 is 1.88 bits per heavy atom. The Bertz CT molecular complexity index is 1550. The van der Waals surface area contributed by atoms with Crippen LogP contribution in [0.1, 0.15) is 58.6 Å². The van der Waals surface area contributed by atoms with E-state index in [1.54, 1.807) is 17.0 Å². The second-order valence-electron chi connectivity index (χ2n) is 13.8. The number of rotatable bonds is 5. The van der Waals surface area contributed by atoms with E-state index in [-0.39, 0.29) is 11.4 Å². The zero-order valence-corrected chi connectivity index (χ0v) is 25.8. The highest BCUT2D eigenvalue weighted by Gasteiger charge is 2.56. The number of aliphatic imine (C=N–C) groups is 1. The van der Waals surface area contributed by atoms with Gasteiger partial charge in [-0.05, 0) is 98.6 Å². The van der Waals surface area contributed by atoms with E-state index < -0.39 is 0 Å². The van der Waals surface area contributed by atoms with Crippen molar-refractivity contribution >= 4 is 22.5 Å². The van der Waals surface area contributed by atoms with Gasteiger partial charge < -0.3 is 15.5 Å². The molecule has 224 valence electrons. The quantitative estimate of drug-likeness (QED) is 0.307. The Morgan fingerprint density at radius 1 is 1.12 bits per heavy atom. The maximum atomic E-state index is 14.3. The molecule has 0 amide bonds. The molecule has 1 saturated heterocycles. The van der Waals surface area contributed by atoms with Gasteiger partial charge in [-0.25, -0.2) is 14.4 Å². The lowest BCUT2D eigenvalue weighted by atomic mass is 9.45. The highest BCUT2D eigenvalue weighted by atomic mass is 19.1. The Kier molecular flexibility index (Phi) is 7.62. The molecule has 4 fully saturated rings. The Labute approximate surface area is 248 Å². The summed E-state index contributed by atoms with van der Waals surface area (Å²) in [7, 11) is 0. The molecule has 3 aromatic rings. The third-order valence-electron chi connectivity index (χ3n) is 10.4. The minimum absolute atomic E-state index is 0.115. The van der Waals surface area contributed by atoms with Crippen LogP contribution in [0.2, 0.25) is 0 Å². The molecule has 2 heterocycles. The lowest BCUT2D eigenvalue weighted by Crippen LogP contribution is -2.59. The SMILES string of the molecule is Cc1ccc(CCn2cnc3cc(N/C(=N/[C@H]4C[C@H]5C[C@@H]([C@@H]4C)C5(C)C)N4C[C@H](C)N[C@@H](C)C4)ccc3c2=O)c(F)c1. The second-order valence-corrected chi connectivity index (χ2v) is 13.8. The summed E-state index contributed by atoms with van der Waals surface area (Å²) in [5.41, 5.74) is 3.30. The maximum Gasteiger partial charge on any atom is 0.261 e. The van der Waals surface area contributed by atoms with E-state index in [9.17, 15) is 9.18 Å². The van der Waals surface area contributed by atoms with Gasteiger partial charge in [-0.1, -0.05) is 32.9 Å². The zero-order valence-electron chi connectivity index (χ0n) is 25.8. The van der Waals surface area contributed by atoms with Crippen molar-refractivity contribution in [1.29, 1.82) is 0 Å². The van der Waals surface area contributed by atoms with Crippen molar-refractivity contribution in [1.82, 2.24) is 19.8 Å². The lowest BCUT2D eigenvalue weighted by molar-refractivity contribution is -0.108. The molecular weight excluding hydrogens is 527 g/mol. The molecule has 3 saturated carbocycles. The van der Waals surface area contributed by atoms with Crippen molar-refractivity contribution < 1.29 is 4.39 Å². The largest absolute Gasteiger partial charge is 0.340 e. The first-order valence-corrected chi connectivity index (χ1v) is 15.6. The van der Waals surface area contributed by atoms with E-state index in [2.05, 4.69) is 55.1 Å². The molecule has 6 atom stereocenters. The summed E-state index contributed by atoms with van der Waals surface area (Å²) in [6, 6.07) is 12.0. The molecule has 0 spiro atoms. The topological polar surface area (TPSA) is 74.6 Å². The predicted octanol–water partition coefficient (Wildman–Crippen LogP) is 5.61. The van der Waals surface area contributed by atoms with Gasteiger partial charge >= 0.3 is 0 Å². The number of nitrogens with zero attached hydrogens (tertiary/aromatic N) is 4. The monoisotopic (exact) mass is 572 g/mol. The molecule has 42 heavy (non-hydrogen) atoms. The average molecular weight is 573 g/mol. The van der Waals surface area contributed by atoms with Gasteiger partial charge in [0.25, 0.3) is 5.56 Å². The zero-order chi connectivity index (χ0) is 29.8. The summed E-state index contributed by atoms with van der Waals surface area (Å²) in [5, 5.41) is 7.84. The van der Waals surface area contributed by atoms with Crippen molar-refractivity contribution in [3.8, 4) is 0 Å². The van der Waals surface area contributed by atoms with Crippen LogP contribution in [0.5, 0.6) is 0 Å². The van der Waals surface area contributed by atoms with Crippen LogP contribution in [0.3, 0.4) is 0 Å². The molecule has 4 aliphatic rings. The summed E-state index contributed by atoms with van der Waals surface area (Å²) in [6.45, 7) is 15.7. The van der Waals surface area contributed by atoms with Gasteiger partial charge in [0.2, 0.25) is 0 Å². The number of hydrogen-bond donors (Lipinski definition) is 2. The van der Waals surface area contributed by atoms with Gasteiger partial charge in [0.1, 0.15) is 5.82 Å². The second kappa shape index (κ2) is 11.1. The van der Waals surface area contributed by atoms with Gasteiger partial charge in [0.15, 0.2) is 5.96 Å². The van der Waals surface area contributed by atoms with Crippen molar-refractivity contribution in [2.75, 3.05) is 18.4 Å². The molecule has 2 N–H and O–H groups in total. The number of benzene rings is 2. The first kappa shape index (κ1) is 28.8. The smallest absolute Gasteiger partial charge is 0.261 e. The van der Waals surface area contributed by atoms with Crippen molar-refractivity contribution in [2.45, 2.75) is 85.5 Å². The predicted molar refractivity (Wildman–Crippen MR) is 168 cm³/mol.